The molecule has 0 unspecified atom stereocenters. The van der Waals surface area contributed by atoms with Gasteiger partial charge in [0, 0.05) is 26.0 Å². The zero-order valence-corrected chi connectivity index (χ0v) is 28.5. The van der Waals surface area contributed by atoms with Gasteiger partial charge < -0.3 is 4.90 Å². The minimum Gasteiger partial charge on any atom is -0.310 e. The fraction of sp³-hybridized carbons (Fsp3) is 0.351. The number of halogens is 2. The molecule has 0 aliphatic heterocycles. The number of fused-ring (bicyclic) bond motifs is 1. The Kier molecular flexibility index (Phi) is 6.26. The molecule has 0 radical (unpaired) electrons. The number of benzene rings is 4. The molecule has 1 aliphatic rings. The molecule has 3 heteroatoms. The van der Waals surface area contributed by atoms with E-state index in [0.29, 0.717) is 11.6 Å². The van der Waals surface area contributed by atoms with Crippen molar-refractivity contribution in [1.82, 2.24) is 0 Å². The van der Waals surface area contributed by atoms with Crippen molar-refractivity contribution in [3.63, 3.8) is 0 Å². The molecule has 4 aromatic carbocycles. The summed E-state index contributed by atoms with van der Waals surface area (Å²) in [5.74, 6) is 0. The largest absolute Gasteiger partial charge is 0.310 e. The summed E-state index contributed by atoms with van der Waals surface area (Å²) in [5, 5.41) is 0. The molecule has 40 heavy (non-hydrogen) atoms. The Morgan fingerprint density at radius 1 is 0.575 bits per heavy atom. The molecule has 0 atom stereocenters. The second-order valence-electron chi connectivity index (χ2n) is 13.0. The fourth-order valence-corrected chi connectivity index (χ4v) is 6.68. The van der Waals surface area contributed by atoms with E-state index in [9.17, 15) is 1.37 Å². The minimum atomic E-state index is -0.334. The van der Waals surface area contributed by atoms with Crippen molar-refractivity contribution < 1.29 is 4.11 Å². The minimum absolute atomic E-state index is 0.133. The number of rotatable bonds is 4. The van der Waals surface area contributed by atoms with Crippen LogP contribution in [-0.4, -0.2) is 0 Å². The number of nitrogens with zero attached hydrogens (tertiary/aromatic N) is 1. The third-order valence-corrected chi connectivity index (χ3v) is 12.5. The quantitative estimate of drug-likeness (QED) is 0.210. The molecule has 0 amide bonds. The van der Waals surface area contributed by atoms with E-state index in [1.165, 1.54) is 0 Å². The Labute approximate surface area is 262 Å². The summed E-state index contributed by atoms with van der Waals surface area (Å²) in [5.41, 5.74) is 9.99. The van der Waals surface area contributed by atoms with E-state index < -0.39 is 0 Å². The molecule has 4 aromatic rings. The maximum absolute atomic E-state index is 9.43. The van der Waals surface area contributed by atoms with Crippen molar-refractivity contribution in [2.45, 2.75) is 80.1 Å². The van der Waals surface area contributed by atoms with Gasteiger partial charge in [0.15, 0.2) is 0 Å². The van der Waals surface area contributed by atoms with Crippen LogP contribution in [0.15, 0.2) is 75.6 Å². The first-order valence-corrected chi connectivity index (χ1v) is 15.5. The lowest BCUT2D eigenvalue weighted by molar-refractivity contribution is 0.125. The predicted molar refractivity (Wildman–Crippen MR) is 181 cm³/mol. The monoisotopic (exact) mass is 660 g/mol. The van der Waals surface area contributed by atoms with Gasteiger partial charge >= 0.3 is 0 Å². The first kappa shape index (κ1) is 25.4. The average Bonchev–Trinajstić information content (AvgIpc) is 3.03. The molecule has 5 rings (SSSR count). The summed E-state index contributed by atoms with van der Waals surface area (Å²) in [6.45, 7) is 21.6. The van der Waals surface area contributed by atoms with Crippen LogP contribution < -0.4 is 4.90 Å². The van der Waals surface area contributed by atoms with Crippen molar-refractivity contribution >= 4 is 48.9 Å². The van der Waals surface area contributed by atoms with E-state index in [0.717, 1.165) is 65.0 Å². The van der Waals surface area contributed by atoms with Gasteiger partial charge in [-0.3, -0.25) is 0 Å². The predicted octanol–water partition coefficient (Wildman–Crippen LogP) is 12.2. The van der Waals surface area contributed by atoms with Crippen molar-refractivity contribution in [2.24, 2.45) is 5.41 Å². The van der Waals surface area contributed by atoms with Crippen molar-refractivity contribution in [1.29, 1.82) is 0 Å². The molecule has 0 N–H and O–H groups in total. The number of hydrogen-bond acceptors (Lipinski definition) is 1. The van der Waals surface area contributed by atoms with E-state index >= 15 is 0 Å². The average molecular weight is 663 g/mol. The van der Waals surface area contributed by atoms with Gasteiger partial charge in [-0.1, -0.05) is 104 Å². The molecule has 208 valence electrons. The van der Waals surface area contributed by atoms with Gasteiger partial charge in [0.05, 0.1) is 4.11 Å². The molecule has 1 nitrogen and oxygen atoms in total. The zero-order valence-electron chi connectivity index (χ0n) is 28.3. The van der Waals surface area contributed by atoms with Crippen LogP contribution in [0, 0.1) is 33.1 Å². The van der Waals surface area contributed by atoms with E-state index in [-0.39, 0.29) is 28.3 Å². The third kappa shape index (κ3) is 4.40. The lowest BCUT2D eigenvalue weighted by atomic mass is 9.59. The lowest BCUT2D eigenvalue weighted by Crippen LogP contribution is -2.42. The molecule has 0 bridgehead atoms. The fourth-order valence-electron chi connectivity index (χ4n) is 6.22. The van der Waals surface area contributed by atoms with E-state index in [2.05, 4.69) is 142 Å². The van der Waals surface area contributed by atoms with Crippen LogP contribution in [-0.2, 0) is 10.8 Å². The molecular weight excluding hydrogens is 618 g/mol. The van der Waals surface area contributed by atoms with Crippen LogP contribution >= 0.6 is 31.9 Å². The Morgan fingerprint density at radius 2 is 1.00 bits per heavy atom. The summed E-state index contributed by atoms with van der Waals surface area (Å²) in [6.07, 6.45) is 0. The molecule has 0 saturated heterocycles. The Bertz CT molecular complexity index is 1680. The standard InChI is InChI=1S/C37H41Br2N/c1-22-17-29(18-23(2)33(22)38)40(30-19-24(3)34(39)25(4)20-30)28-14-11-26(12-15-28)27-13-16-31-32(21-27)36(7,8)37(9,10)35(31,5)6/h11-21H,1-10H3/i13D,16D,21D. The van der Waals surface area contributed by atoms with Gasteiger partial charge in [-0.25, -0.2) is 0 Å². The molecule has 0 saturated carbocycles. The van der Waals surface area contributed by atoms with Crippen LogP contribution in [0.25, 0.3) is 11.1 Å². The van der Waals surface area contributed by atoms with Crippen LogP contribution in [0.1, 0.15) is 79.0 Å². The SMILES string of the molecule is [2H]c1c([2H])c2c(c([2H])c1-c1ccc(N(c3cc(C)c(Br)c(C)c3)c3cc(C)c(Br)c(C)c3)cc1)C(C)(C)C(C)(C)C2(C)C. The third-order valence-electron chi connectivity index (χ3n) is 9.96. The number of hydrogen-bond donors (Lipinski definition) is 0. The Balaban J connectivity index is 1.70. The first-order valence-electron chi connectivity index (χ1n) is 15.4. The maximum Gasteiger partial charge on any atom is 0.0632 e. The zero-order chi connectivity index (χ0) is 32.0. The second kappa shape index (κ2) is 9.88. The van der Waals surface area contributed by atoms with Gasteiger partial charge in [0.25, 0.3) is 0 Å². The topological polar surface area (TPSA) is 3.24 Å². The highest BCUT2D eigenvalue weighted by atomic mass is 79.9. The molecular formula is C37H41Br2N. The van der Waals surface area contributed by atoms with Crippen LogP contribution in [0.3, 0.4) is 0 Å². The highest BCUT2D eigenvalue weighted by Gasteiger charge is 2.56. The van der Waals surface area contributed by atoms with Crippen molar-refractivity contribution in [3.05, 3.63) is 109 Å². The van der Waals surface area contributed by atoms with Crippen molar-refractivity contribution in [3.8, 4) is 11.1 Å². The van der Waals surface area contributed by atoms with Crippen LogP contribution in [0.2, 0.25) is 0 Å². The smallest absolute Gasteiger partial charge is 0.0632 e. The maximum atomic E-state index is 9.43. The highest BCUT2D eigenvalue weighted by molar-refractivity contribution is 9.10. The van der Waals surface area contributed by atoms with Gasteiger partial charge in [-0.05, 0) is 125 Å². The van der Waals surface area contributed by atoms with E-state index in [4.69, 9.17) is 2.74 Å². The summed E-state index contributed by atoms with van der Waals surface area (Å²) in [6, 6.07) is 17.7. The Hall–Kier alpha value is -2.36. The Morgan fingerprint density at radius 3 is 1.45 bits per heavy atom. The second-order valence-corrected chi connectivity index (χ2v) is 14.6. The van der Waals surface area contributed by atoms with Crippen molar-refractivity contribution in [2.75, 3.05) is 4.90 Å². The van der Waals surface area contributed by atoms with E-state index in [1.807, 2.05) is 12.1 Å². The number of aryl methyl sites for hydroxylation is 4. The molecule has 0 fully saturated rings. The lowest BCUT2D eigenvalue weighted by Gasteiger charge is -2.44. The molecule has 0 heterocycles. The van der Waals surface area contributed by atoms with E-state index in [1.54, 1.807) is 0 Å². The summed E-state index contributed by atoms with van der Waals surface area (Å²) < 4.78 is 29.9. The summed E-state index contributed by atoms with van der Waals surface area (Å²) in [7, 11) is 0. The normalized spacial score (nSPS) is 17.6. The van der Waals surface area contributed by atoms with Gasteiger partial charge in [-0.15, -0.1) is 0 Å². The summed E-state index contributed by atoms with van der Waals surface area (Å²) in [4.78, 5) is 2.26. The summed E-state index contributed by atoms with van der Waals surface area (Å²) >= 11 is 7.46. The highest BCUT2D eigenvalue weighted by Crippen LogP contribution is 2.61. The molecule has 0 spiro atoms. The number of anilines is 3. The van der Waals surface area contributed by atoms with Crippen LogP contribution in [0.4, 0.5) is 17.1 Å². The molecule has 0 aromatic heterocycles. The van der Waals surface area contributed by atoms with Gasteiger partial charge in [0.2, 0.25) is 0 Å². The van der Waals surface area contributed by atoms with Crippen LogP contribution in [0.5, 0.6) is 0 Å². The molecule has 1 aliphatic carbocycles. The van der Waals surface area contributed by atoms with Gasteiger partial charge in [0.1, 0.15) is 0 Å². The van der Waals surface area contributed by atoms with Gasteiger partial charge in [-0.2, -0.15) is 0 Å². The first-order chi connectivity index (χ1) is 19.8.